The number of β-amino-alcohol motifs (C(OH)–C–C–N with tert-alkyl or cyclic N) is 1. The highest BCUT2D eigenvalue weighted by atomic mass is 16.3. The molecule has 0 bridgehead atoms. The number of hydrogen-bond acceptors (Lipinski definition) is 3. The molecule has 1 aromatic heterocycles. The molecule has 1 aliphatic heterocycles. The minimum atomic E-state index is -0.812. The van der Waals surface area contributed by atoms with Gasteiger partial charge in [0.15, 0.2) is 5.43 Å². The number of amides is 1. The third-order valence-electron chi connectivity index (χ3n) is 2.64. The Morgan fingerprint density at radius 3 is 2.69 bits per heavy atom. The van der Waals surface area contributed by atoms with E-state index in [2.05, 4.69) is 4.98 Å². The zero-order chi connectivity index (χ0) is 11.9. The maximum Gasteiger partial charge on any atom is 0.259 e. The van der Waals surface area contributed by atoms with Gasteiger partial charge in [0.05, 0.1) is 18.7 Å². The molecular weight excluding hydrogens is 208 g/mol. The molecule has 2 N–H and O–H groups in total. The number of rotatable bonds is 1. The molecule has 1 amide bonds. The van der Waals surface area contributed by atoms with E-state index in [0.717, 1.165) is 5.69 Å². The first kappa shape index (κ1) is 10.9. The largest absolute Gasteiger partial charge is 0.386 e. The number of aliphatic hydroxyl groups is 1. The van der Waals surface area contributed by atoms with Crippen LogP contribution in [-0.4, -0.2) is 39.6 Å². The predicted molar refractivity (Wildman–Crippen MR) is 58.3 cm³/mol. The number of aryl methyl sites for hydroxylation is 1. The zero-order valence-electron chi connectivity index (χ0n) is 9.28. The fourth-order valence-corrected chi connectivity index (χ4v) is 1.83. The van der Waals surface area contributed by atoms with E-state index in [1.54, 1.807) is 13.8 Å². The van der Waals surface area contributed by atoms with Crippen molar-refractivity contribution >= 4 is 5.91 Å². The van der Waals surface area contributed by atoms with Gasteiger partial charge in [-0.2, -0.15) is 0 Å². The van der Waals surface area contributed by atoms with E-state index < -0.39 is 5.60 Å². The molecule has 1 aliphatic rings. The summed E-state index contributed by atoms with van der Waals surface area (Å²) in [5.41, 5.74) is -0.251. The Hall–Kier alpha value is -1.62. The van der Waals surface area contributed by atoms with Crippen LogP contribution in [0.25, 0.3) is 0 Å². The fraction of sp³-hybridized carbons (Fsp3) is 0.455. The van der Waals surface area contributed by atoms with Gasteiger partial charge in [-0.1, -0.05) is 0 Å². The lowest BCUT2D eigenvalue weighted by atomic mass is 9.96. The summed E-state index contributed by atoms with van der Waals surface area (Å²) in [4.78, 5) is 27.7. The minimum absolute atomic E-state index is 0.126. The Labute approximate surface area is 92.7 Å². The molecule has 1 fully saturated rings. The number of pyridine rings is 1. The first-order chi connectivity index (χ1) is 7.39. The summed E-state index contributed by atoms with van der Waals surface area (Å²) in [5.74, 6) is -0.326. The third-order valence-corrected chi connectivity index (χ3v) is 2.64. The first-order valence-corrected chi connectivity index (χ1v) is 5.10. The molecule has 1 saturated heterocycles. The first-order valence-electron chi connectivity index (χ1n) is 5.10. The molecular formula is C11H14N2O3. The average molecular weight is 222 g/mol. The molecule has 0 atom stereocenters. The van der Waals surface area contributed by atoms with Crippen molar-refractivity contribution in [2.75, 3.05) is 13.1 Å². The van der Waals surface area contributed by atoms with Gasteiger partial charge in [-0.3, -0.25) is 9.59 Å². The third kappa shape index (κ3) is 1.86. The fourth-order valence-electron chi connectivity index (χ4n) is 1.83. The van der Waals surface area contributed by atoms with Crippen LogP contribution in [0.5, 0.6) is 0 Å². The Morgan fingerprint density at radius 2 is 2.19 bits per heavy atom. The minimum Gasteiger partial charge on any atom is -0.386 e. The SMILES string of the molecule is Cc1cc(=O)c(C(=O)N2CC(C)(O)C2)c[nH]1. The Kier molecular flexibility index (Phi) is 2.35. The quantitative estimate of drug-likeness (QED) is 0.696. The second-order valence-corrected chi connectivity index (χ2v) is 4.55. The molecule has 5 nitrogen and oxygen atoms in total. The van der Waals surface area contributed by atoms with Crippen LogP contribution in [0, 0.1) is 6.92 Å². The Balaban J connectivity index is 2.20. The van der Waals surface area contributed by atoms with Crippen molar-refractivity contribution in [2.45, 2.75) is 19.4 Å². The van der Waals surface area contributed by atoms with Crippen molar-refractivity contribution in [2.24, 2.45) is 0 Å². The van der Waals surface area contributed by atoms with E-state index >= 15 is 0 Å². The number of hydrogen-bond donors (Lipinski definition) is 2. The zero-order valence-corrected chi connectivity index (χ0v) is 9.28. The topological polar surface area (TPSA) is 73.4 Å². The van der Waals surface area contributed by atoms with Gasteiger partial charge in [0.25, 0.3) is 5.91 Å². The van der Waals surface area contributed by atoms with Crippen LogP contribution < -0.4 is 5.43 Å². The molecule has 0 unspecified atom stereocenters. The van der Waals surface area contributed by atoms with E-state index in [1.807, 2.05) is 0 Å². The van der Waals surface area contributed by atoms with Crippen LogP contribution in [-0.2, 0) is 0 Å². The average Bonchev–Trinajstić information content (AvgIpc) is 2.13. The van der Waals surface area contributed by atoms with E-state index in [4.69, 9.17) is 0 Å². The summed E-state index contributed by atoms with van der Waals surface area (Å²) >= 11 is 0. The van der Waals surface area contributed by atoms with E-state index in [9.17, 15) is 14.7 Å². The second-order valence-electron chi connectivity index (χ2n) is 4.55. The maximum absolute atomic E-state index is 11.8. The monoisotopic (exact) mass is 222 g/mol. The summed E-state index contributed by atoms with van der Waals surface area (Å²) in [6.45, 7) is 3.97. The van der Waals surface area contributed by atoms with Crippen molar-refractivity contribution in [1.82, 2.24) is 9.88 Å². The van der Waals surface area contributed by atoms with Crippen LogP contribution >= 0.6 is 0 Å². The van der Waals surface area contributed by atoms with Gasteiger partial charge >= 0.3 is 0 Å². The smallest absolute Gasteiger partial charge is 0.259 e. The molecule has 2 heterocycles. The summed E-state index contributed by atoms with van der Waals surface area (Å²) < 4.78 is 0. The molecule has 0 radical (unpaired) electrons. The van der Waals surface area contributed by atoms with Gasteiger partial charge in [0, 0.05) is 18.0 Å². The molecule has 16 heavy (non-hydrogen) atoms. The predicted octanol–water partition coefficient (Wildman–Crippen LogP) is -0.110. The number of likely N-dealkylation sites (tertiary alicyclic amines) is 1. The van der Waals surface area contributed by atoms with Crippen LogP contribution in [0.2, 0.25) is 0 Å². The van der Waals surface area contributed by atoms with Crippen molar-refractivity contribution in [3.63, 3.8) is 0 Å². The number of H-pyrrole nitrogens is 1. The normalized spacial score (nSPS) is 18.1. The van der Waals surface area contributed by atoms with Gasteiger partial charge < -0.3 is 15.0 Å². The van der Waals surface area contributed by atoms with Crippen LogP contribution in [0.3, 0.4) is 0 Å². The lowest BCUT2D eigenvalue weighted by molar-refractivity contribution is -0.0669. The summed E-state index contributed by atoms with van der Waals surface area (Å²) in [7, 11) is 0. The molecule has 86 valence electrons. The molecule has 0 saturated carbocycles. The highest BCUT2D eigenvalue weighted by Crippen LogP contribution is 2.20. The summed E-state index contributed by atoms with van der Waals surface area (Å²) in [6, 6.07) is 1.39. The van der Waals surface area contributed by atoms with Crippen molar-refractivity contribution < 1.29 is 9.90 Å². The standard InChI is InChI=1S/C11H14N2O3/c1-7-3-9(14)8(4-12-7)10(15)13-5-11(2,16)6-13/h3-4,16H,5-6H2,1-2H3,(H,12,14). The van der Waals surface area contributed by atoms with Crippen LogP contribution in [0.1, 0.15) is 23.0 Å². The number of carbonyl (C=O) groups is 1. The summed E-state index contributed by atoms with van der Waals surface area (Å²) in [6.07, 6.45) is 1.42. The molecule has 2 rings (SSSR count). The van der Waals surface area contributed by atoms with Gasteiger partial charge in [0.2, 0.25) is 0 Å². The lowest BCUT2D eigenvalue weighted by Gasteiger charge is -2.44. The highest BCUT2D eigenvalue weighted by molar-refractivity contribution is 5.94. The van der Waals surface area contributed by atoms with E-state index in [1.165, 1.54) is 17.2 Å². The molecule has 0 aliphatic carbocycles. The van der Waals surface area contributed by atoms with Gasteiger partial charge in [-0.15, -0.1) is 0 Å². The van der Waals surface area contributed by atoms with E-state index in [-0.39, 0.29) is 30.0 Å². The van der Waals surface area contributed by atoms with Crippen molar-refractivity contribution in [3.05, 3.63) is 33.7 Å². The van der Waals surface area contributed by atoms with Crippen LogP contribution in [0.4, 0.5) is 0 Å². The van der Waals surface area contributed by atoms with Crippen molar-refractivity contribution in [1.29, 1.82) is 0 Å². The lowest BCUT2D eigenvalue weighted by Crippen LogP contribution is -2.62. The maximum atomic E-state index is 11.8. The number of aromatic amines is 1. The Bertz CT molecular complexity index is 482. The Morgan fingerprint density at radius 1 is 1.56 bits per heavy atom. The number of nitrogens with zero attached hydrogens (tertiary/aromatic N) is 1. The van der Waals surface area contributed by atoms with Crippen LogP contribution in [0.15, 0.2) is 17.1 Å². The number of nitrogens with one attached hydrogen (secondary N) is 1. The van der Waals surface area contributed by atoms with Gasteiger partial charge in [-0.05, 0) is 13.8 Å². The number of aromatic nitrogens is 1. The molecule has 0 spiro atoms. The molecule has 5 heteroatoms. The second kappa shape index (κ2) is 3.45. The van der Waals surface area contributed by atoms with Gasteiger partial charge in [-0.25, -0.2) is 0 Å². The van der Waals surface area contributed by atoms with Gasteiger partial charge in [0.1, 0.15) is 5.56 Å². The van der Waals surface area contributed by atoms with Crippen molar-refractivity contribution in [3.8, 4) is 0 Å². The molecule has 0 aromatic carbocycles. The number of carbonyl (C=O) groups excluding carboxylic acids is 1. The molecule has 1 aromatic rings. The summed E-state index contributed by atoms with van der Waals surface area (Å²) in [5, 5.41) is 9.51. The highest BCUT2D eigenvalue weighted by Gasteiger charge is 2.40. The van der Waals surface area contributed by atoms with E-state index in [0.29, 0.717) is 0 Å².